The van der Waals surface area contributed by atoms with Gasteiger partial charge < -0.3 is 15.2 Å². The highest BCUT2D eigenvalue weighted by Gasteiger charge is 2.05. The van der Waals surface area contributed by atoms with E-state index in [0.717, 1.165) is 27.2 Å². The summed E-state index contributed by atoms with van der Waals surface area (Å²) in [5.74, 6) is 0.822. The first kappa shape index (κ1) is 12.7. The molecule has 0 saturated heterocycles. The van der Waals surface area contributed by atoms with Gasteiger partial charge in [-0.2, -0.15) is 0 Å². The van der Waals surface area contributed by atoms with Crippen LogP contribution in [-0.2, 0) is 6.61 Å². The quantitative estimate of drug-likeness (QED) is 0.746. The zero-order chi connectivity index (χ0) is 13.9. The van der Waals surface area contributed by atoms with Gasteiger partial charge in [-0.05, 0) is 35.9 Å². The lowest BCUT2D eigenvalue weighted by atomic mass is 10.2. The summed E-state index contributed by atoms with van der Waals surface area (Å²) in [5.41, 5.74) is 8.44. The van der Waals surface area contributed by atoms with Crippen LogP contribution in [0.4, 0.5) is 5.69 Å². The molecule has 3 aromatic rings. The molecule has 0 atom stereocenters. The van der Waals surface area contributed by atoms with E-state index in [4.69, 9.17) is 15.2 Å². The van der Waals surface area contributed by atoms with Gasteiger partial charge in [0.1, 0.15) is 12.4 Å². The van der Waals surface area contributed by atoms with Gasteiger partial charge in [-0.15, -0.1) is 0 Å². The summed E-state index contributed by atoms with van der Waals surface area (Å²) in [6.07, 6.45) is 0. The van der Waals surface area contributed by atoms with Crippen molar-refractivity contribution >= 4 is 27.2 Å². The lowest BCUT2D eigenvalue weighted by Crippen LogP contribution is -1.95. The van der Waals surface area contributed by atoms with Gasteiger partial charge in [0.05, 0.1) is 17.3 Å². The second-order valence-corrected chi connectivity index (χ2v) is 5.34. The van der Waals surface area contributed by atoms with Crippen molar-refractivity contribution in [3.63, 3.8) is 0 Å². The van der Waals surface area contributed by atoms with Crippen molar-refractivity contribution in [3.05, 3.63) is 48.0 Å². The maximum Gasteiger partial charge on any atom is 0.274 e. The molecule has 5 heteroatoms. The third-order valence-corrected chi connectivity index (χ3v) is 3.82. The lowest BCUT2D eigenvalue weighted by molar-refractivity contribution is 0.304. The van der Waals surface area contributed by atoms with Gasteiger partial charge in [0.25, 0.3) is 5.19 Å². The molecule has 4 nitrogen and oxygen atoms in total. The number of nitrogens with zero attached hydrogens (tertiary/aromatic N) is 1. The fourth-order valence-electron chi connectivity index (χ4n) is 1.89. The highest BCUT2D eigenvalue weighted by atomic mass is 32.1. The predicted molar refractivity (Wildman–Crippen MR) is 81.4 cm³/mol. The smallest absolute Gasteiger partial charge is 0.274 e. The first-order chi connectivity index (χ1) is 9.74. The summed E-state index contributed by atoms with van der Waals surface area (Å²) >= 11 is 1.50. The molecule has 20 heavy (non-hydrogen) atoms. The van der Waals surface area contributed by atoms with Crippen molar-refractivity contribution in [1.29, 1.82) is 0 Å². The zero-order valence-electron chi connectivity index (χ0n) is 11.0. The average molecular weight is 286 g/mol. The molecule has 3 rings (SSSR count). The van der Waals surface area contributed by atoms with Crippen LogP contribution >= 0.6 is 11.3 Å². The molecule has 0 bridgehead atoms. The van der Waals surface area contributed by atoms with E-state index in [9.17, 15) is 0 Å². The van der Waals surface area contributed by atoms with Gasteiger partial charge in [0.2, 0.25) is 0 Å². The predicted octanol–water partition coefficient (Wildman–Crippen LogP) is 3.47. The van der Waals surface area contributed by atoms with Crippen molar-refractivity contribution < 1.29 is 9.47 Å². The number of ether oxygens (including phenoxy) is 2. The molecule has 0 saturated carbocycles. The van der Waals surface area contributed by atoms with Gasteiger partial charge in [0, 0.05) is 5.69 Å². The monoisotopic (exact) mass is 286 g/mol. The Labute approximate surface area is 120 Å². The number of aromatic nitrogens is 1. The van der Waals surface area contributed by atoms with Gasteiger partial charge >= 0.3 is 0 Å². The topological polar surface area (TPSA) is 57.4 Å². The van der Waals surface area contributed by atoms with E-state index >= 15 is 0 Å². The minimum absolute atomic E-state index is 0.465. The average Bonchev–Trinajstić information content (AvgIpc) is 2.87. The Morgan fingerprint density at radius 2 is 2.10 bits per heavy atom. The highest BCUT2D eigenvalue weighted by Crippen LogP contribution is 2.29. The summed E-state index contributed by atoms with van der Waals surface area (Å²) < 4.78 is 11.9. The number of nitrogens with two attached hydrogens (primary N) is 1. The van der Waals surface area contributed by atoms with Crippen LogP contribution in [0.1, 0.15) is 5.56 Å². The fourth-order valence-corrected chi connectivity index (χ4v) is 2.75. The molecule has 0 fully saturated rings. The Morgan fingerprint density at radius 3 is 2.95 bits per heavy atom. The summed E-state index contributed by atoms with van der Waals surface area (Å²) in [7, 11) is 1.65. The minimum Gasteiger partial charge on any atom is -0.497 e. The van der Waals surface area contributed by atoms with E-state index in [0.29, 0.717) is 11.8 Å². The fraction of sp³-hybridized carbons (Fsp3) is 0.133. The van der Waals surface area contributed by atoms with Gasteiger partial charge in [-0.25, -0.2) is 4.98 Å². The van der Waals surface area contributed by atoms with Crippen molar-refractivity contribution in [3.8, 4) is 10.9 Å². The molecular weight excluding hydrogens is 272 g/mol. The van der Waals surface area contributed by atoms with Crippen LogP contribution in [0.15, 0.2) is 42.5 Å². The van der Waals surface area contributed by atoms with E-state index in [1.54, 1.807) is 7.11 Å². The molecule has 0 aliphatic rings. The molecule has 1 heterocycles. The Balaban J connectivity index is 1.76. The standard InChI is InChI=1S/C15H14N2O2S/c1-18-12-4-2-3-10(7-12)9-19-15-17-13-6-5-11(16)8-14(13)20-15/h2-8H,9,16H2,1H3. The minimum atomic E-state index is 0.465. The van der Waals surface area contributed by atoms with E-state index < -0.39 is 0 Å². The Bertz CT molecular complexity index is 740. The highest BCUT2D eigenvalue weighted by molar-refractivity contribution is 7.20. The molecule has 0 amide bonds. The SMILES string of the molecule is COc1cccc(COc2nc3ccc(N)cc3s2)c1. The number of fused-ring (bicyclic) bond motifs is 1. The van der Waals surface area contributed by atoms with Crippen LogP contribution in [0.2, 0.25) is 0 Å². The molecule has 0 radical (unpaired) electrons. The summed E-state index contributed by atoms with van der Waals surface area (Å²) in [6, 6.07) is 13.4. The molecule has 0 spiro atoms. The molecule has 1 aromatic heterocycles. The Hall–Kier alpha value is -2.27. The van der Waals surface area contributed by atoms with Crippen LogP contribution in [0.3, 0.4) is 0 Å². The first-order valence-electron chi connectivity index (χ1n) is 6.16. The maximum atomic E-state index is 5.75. The van der Waals surface area contributed by atoms with Crippen LogP contribution in [0.25, 0.3) is 10.2 Å². The summed E-state index contributed by atoms with van der Waals surface area (Å²) in [4.78, 5) is 4.42. The van der Waals surface area contributed by atoms with E-state index in [1.807, 2.05) is 42.5 Å². The third kappa shape index (κ3) is 2.67. The largest absolute Gasteiger partial charge is 0.497 e. The maximum absolute atomic E-state index is 5.75. The zero-order valence-corrected chi connectivity index (χ0v) is 11.8. The van der Waals surface area contributed by atoms with E-state index in [1.165, 1.54) is 11.3 Å². The molecule has 0 unspecified atom stereocenters. The van der Waals surface area contributed by atoms with E-state index in [2.05, 4.69) is 4.98 Å². The van der Waals surface area contributed by atoms with Crippen molar-refractivity contribution in [2.24, 2.45) is 0 Å². The van der Waals surface area contributed by atoms with Crippen LogP contribution in [0.5, 0.6) is 10.9 Å². The van der Waals surface area contributed by atoms with Crippen LogP contribution in [0, 0.1) is 0 Å². The number of hydrogen-bond acceptors (Lipinski definition) is 5. The molecule has 2 aromatic carbocycles. The first-order valence-corrected chi connectivity index (χ1v) is 6.98. The van der Waals surface area contributed by atoms with Gasteiger partial charge in [-0.3, -0.25) is 0 Å². The van der Waals surface area contributed by atoms with Gasteiger partial charge in [0.15, 0.2) is 0 Å². The van der Waals surface area contributed by atoms with Gasteiger partial charge in [-0.1, -0.05) is 23.5 Å². The molecule has 2 N–H and O–H groups in total. The van der Waals surface area contributed by atoms with E-state index in [-0.39, 0.29) is 0 Å². The van der Waals surface area contributed by atoms with Crippen LogP contribution < -0.4 is 15.2 Å². The van der Waals surface area contributed by atoms with Crippen molar-refractivity contribution in [1.82, 2.24) is 4.98 Å². The Kier molecular flexibility index (Phi) is 3.43. The number of hydrogen-bond donors (Lipinski definition) is 1. The number of anilines is 1. The number of methoxy groups -OCH3 is 1. The van der Waals surface area contributed by atoms with Crippen LogP contribution in [-0.4, -0.2) is 12.1 Å². The molecule has 0 aliphatic carbocycles. The number of nitrogen functional groups attached to an aromatic ring is 1. The van der Waals surface area contributed by atoms with Crippen molar-refractivity contribution in [2.75, 3.05) is 12.8 Å². The number of benzene rings is 2. The normalized spacial score (nSPS) is 10.7. The lowest BCUT2D eigenvalue weighted by Gasteiger charge is -2.04. The molecule has 102 valence electrons. The molecule has 0 aliphatic heterocycles. The molecular formula is C15H14N2O2S. The second kappa shape index (κ2) is 5.38. The second-order valence-electron chi connectivity index (χ2n) is 4.35. The Morgan fingerprint density at radius 1 is 1.20 bits per heavy atom. The third-order valence-electron chi connectivity index (χ3n) is 2.89. The summed E-state index contributed by atoms with van der Waals surface area (Å²) in [5, 5.41) is 0.647. The number of thiazole rings is 1. The number of rotatable bonds is 4. The van der Waals surface area contributed by atoms with Crippen molar-refractivity contribution in [2.45, 2.75) is 6.61 Å². The summed E-state index contributed by atoms with van der Waals surface area (Å²) in [6.45, 7) is 0.465.